The molecule has 1 N–H and O–H groups in total. The van der Waals surface area contributed by atoms with Crippen LogP contribution in [0.4, 0.5) is 0 Å². The summed E-state index contributed by atoms with van der Waals surface area (Å²) in [5.74, 6) is 1.05. The molecular weight excluding hydrogens is 783 g/mol. The second-order valence-electron chi connectivity index (χ2n) is 16.6. The van der Waals surface area contributed by atoms with Gasteiger partial charge in [-0.2, -0.15) is 0 Å². The lowest BCUT2D eigenvalue weighted by molar-refractivity contribution is 0.739. The van der Waals surface area contributed by atoms with Crippen LogP contribution in [0.2, 0.25) is 0 Å². The van der Waals surface area contributed by atoms with Crippen LogP contribution in [0.1, 0.15) is 17.2 Å². The Kier molecular flexibility index (Phi) is 8.15. The van der Waals surface area contributed by atoms with Gasteiger partial charge in [0.25, 0.3) is 0 Å². The summed E-state index contributed by atoms with van der Waals surface area (Å²) in [6.45, 7) is 0. The molecule has 1 atom stereocenters. The fourth-order valence-electron chi connectivity index (χ4n) is 9.95. The summed E-state index contributed by atoms with van der Waals surface area (Å²) in [5, 5.41) is 11.5. The van der Waals surface area contributed by atoms with E-state index in [0.717, 1.165) is 22.5 Å². The standard InChI is InChI=1S/C59H39N3S/c1-4-14-38(15-5-1)44-35-52(39-16-6-2-7-17-39)60-59(37-44)62-54-29-25-40(42-27-31-58-51(34-42)48-21-11-13-23-57(48)63-58)32-49(54)50-33-41(26-30-55(50)62)43-24-28-47-46-20-10-12-22-53(46)61(56(47)36-43)45-18-8-3-9-19-45/h1-37,52,60H. The molecule has 4 heteroatoms. The van der Waals surface area contributed by atoms with Gasteiger partial charge in [-0.3, -0.25) is 4.57 Å². The van der Waals surface area contributed by atoms with Crippen molar-refractivity contribution < 1.29 is 0 Å². The van der Waals surface area contributed by atoms with Gasteiger partial charge >= 0.3 is 0 Å². The smallest absolute Gasteiger partial charge is 0.112 e. The van der Waals surface area contributed by atoms with Gasteiger partial charge in [0.1, 0.15) is 5.82 Å². The molecular formula is C59H39N3S. The molecule has 0 saturated heterocycles. The first-order chi connectivity index (χ1) is 31.2. The maximum absolute atomic E-state index is 3.98. The minimum Gasteiger partial charge on any atom is -0.361 e. The summed E-state index contributed by atoms with van der Waals surface area (Å²) < 4.78 is 7.48. The molecule has 296 valence electrons. The lowest BCUT2D eigenvalue weighted by Gasteiger charge is -2.27. The quantitative estimate of drug-likeness (QED) is 0.177. The minimum atomic E-state index is -0.0114. The summed E-state index contributed by atoms with van der Waals surface area (Å²) in [6, 6.07) is 77.8. The third kappa shape index (κ3) is 5.87. The number of aromatic nitrogens is 2. The third-order valence-electron chi connectivity index (χ3n) is 12.9. The van der Waals surface area contributed by atoms with Crippen LogP contribution in [-0.2, 0) is 0 Å². The first kappa shape index (κ1) is 35.8. The Balaban J connectivity index is 1.03. The van der Waals surface area contributed by atoms with Gasteiger partial charge in [0, 0.05) is 47.4 Å². The number of hydrogen-bond acceptors (Lipinski definition) is 2. The largest absolute Gasteiger partial charge is 0.361 e. The van der Waals surface area contributed by atoms with Gasteiger partial charge in [0.15, 0.2) is 0 Å². The Morgan fingerprint density at radius 2 is 0.905 bits per heavy atom. The molecule has 1 aliphatic rings. The molecule has 0 radical (unpaired) electrons. The summed E-state index contributed by atoms with van der Waals surface area (Å²) in [4.78, 5) is 0. The fourth-order valence-corrected chi connectivity index (χ4v) is 11.0. The van der Waals surface area contributed by atoms with Crippen molar-refractivity contribution in [1.29, 1.82) is 0 Å². The molecule has 63 heavy (non-hydrogen) atoms. The van der Waals surface area contributed by atoms with Gasteiger partial charge in [-0.25, -0.2) is 0 Å². The predicted octanol–water partition coefficient (Wildman–Crippen LogP) is 15.8. The molecule has 4 heterocycles. The van der Waals surface area contributed by atoms with Crippen LogP contribution in [0.25, 0.3) is 103 Å². The molecule has 0 aliphatic carbocycles. The van der Waals surface area contributed by atoms with Gasteiger partial charge in [-0.1, -0.05) is 146 Å². The molecule has 0 bridgehead atoms. The monoisotopic (exact) mass is 821 g/mol. The van der Waals surface area contributed by atoms with Crippen LogP contribution in [0.5, 0.6) is 0 Å². The van der Waals surface area contributed by atoms with Crippen molar-refractivity contribution in [3.8, 4) is 27.9 Å². The van der Waals surface area contributed by atoms with E-state index in [1.165, 1.54) is 91.7 Å². The van der Waals surface area contributed by atoms with Crippen LogP contribution in [0.3, 0.4) is 0 Å². The van der Waals surface area contributed by atoms with E-state index in [1.54, 1.807) is 0 Å². The van der Waals surface area contributed by atoms with E-state index in [4.69, 9.17) is 0 Å². The van der Waals surface area contributed by atoms with Crippen molar-refractivity contribution in [2.75, 3.05) is 0 Å². The van der Waals surface area contributed by atoms with Crippen LogP contribution >= 0.6 is 11.3 Å². The number of nitrogens with one attached hydrogen (secondary N) is 1. The summed E-state index contributed by atoms with van der Waals surface area (Å²) in [6.07, 6.45) is 4.68. The van der Waals surface area contributed by atoms with E-state index < -0.39 is 0 Å². The molecule has 9 aromatic carbocycles. The van der Waals surface area contributed by atoms with E-state index in [9.17, 15) is 0 Å². The van der Waals surface area contributed by atoms with Crippen molar-refractivity contribution in [2.45, 2.75) is 6.04 Å². The van der Waals surface area contributed by atoms with E-state index in [-0.39, 0.29) is 6.04 Å². The highest BCUT2D eigenvalue weighted by Crippen LogP contribution is 2.42. The fraction of sp³-hybridized carbons (Fsp3) is 0.0169. The SMILES string of the molecule is C1=C(c2ccccc2)C=C(n2c3ccc(-c4ccc5sc6ccccc6c5c4)cc3c3cc(-c4ccc5c6ccccc6n(-c6ccccc6)c5c4)ccc32)NC1c1ccccc1. The first-order valence-electron chi connectivity index (χ1n) is 21.6. The van der Waals surface area contributed by atoms with Gasteiger partial charge in [-0.05, 0) is 118 Å². The molecule has 0 fully saturated rings. The molecule has 12 aromatic rings. The molecule has 1 aliphatic heterocycles. The average molecular weight is 822 g/mol. The third-order valence-corrected chi connectivity index (χ3v) is 14.1. The van der Waals surface area contributed by atoms with Gasteiger partial charge in [0.05, 0.1) is 28.1 Å². The van der Waals surface area contributed by atoms with Crippen molar-refractivity contribution in [1.82, 2.24) is 14.5 Å². The molecule has 0 amide bonds. The zero-order valence-corrected chi connectivity index (χ0v) is 35.1. The summed E-state index contributed by atoms with van der Waals surface area (Å²) >= 11 is 1.86. The predicted molar refractivity (Wildman–Crippen MR) is 269 cm³/mol. The second kappa shape index (κ2) is 14.3. The van der Waals surface area contributed by atoms with E-state index in [0.29, 0.717) is 0 Å². The highest BCUT2D eigenvalue weighted by molar-refractivity contribution is 7.25. The van der Waals surface area contributed by atoms with Crippen molar-refractivity contribution in [3.05, 3.63) is 236 Å². The van der Waals surface area contributed by atoms with Crippen LogP contribution in [-0.4, -0.2) is 9.13 Å². The number of thiophene rings is 1. The van der Waals surface area contributed by atoms with Crippen LogP contribution in [0, 0.1) is 0 Å². The van der Waals surface area contributed by atoms with Crippen LogP contribution in [0.15, 0.2) is 224 Å². The highest BCUT2D eigenvalue weighted by atomic mass is 32.1. The Morgan fingerprint density at radius 3 is 1.65 bits per heavy atom. The molecule has 0 saturated carbocycles. The maximum Gasteiger partial charge on any atom is 0.112 e. The molecule has 0 spiro atoms. The number of para-hydroxylation sites is 2. The zero-order valence-electron chi connectivity index (χ0n) is 34.2. The topological polar surface area (TPSA) is 21.9 Å². The Bertz CT molecular complexity index is 3810. The zero-order chi connectivity index (χ0) is 41.4. The average Bonchev–Trinajstić information content (AvgIpc) is 4.01. The van der Waals surface area contributed by atoms with E-state index in [2.05, 4.69) is 239 Å². The maximum atomic E-state index is 3.98. The van der Waals surface area contributed by atoms with Crippen LogP contribution < -0.4 is 5.32 Å². The lowest BCUT2D eigenvalue weighted by atomic mass is 9.96. The Labute approximate surface area is 368 Å². The highest BCUT2D eigenvalue weighted by Gasteiger charge is 2.23. The lowest BCUT2D eigenvalue weighted by Crippen LogP contribution is -2.24. The molecule has 3 nitrogen and oxygen atoms in total. The van der Waals surface area contributed by atoms with Crippen molar-refractivity contribution in [3.63, 3.8) is 0 Å². The number of dihydropyridines is 1. The Hall–Kier alpha value is -7.92. The number of fused-ring (bicyclic) bond motifs is 9. The number of hydrogen-bond donors (Lipinski definition) is 1. The van der Waals surface area contributed by atoms with Gasteiger partial charge in [-0.15, -0.1) is 11.3 Å². The number of allylic oxidation sites excluding steroid dienone is 2. The minimum absolute atomic E-state index is 0.0114. The van der Waals surface area contributed by atoms with Gasteiger partial charge in [0.2, 0.25) is 0 Å². The molecule has 13 rings (SSSR count). The summed E-state index contributed by atoms with van der Waals surface area (Å²) in [5.41, 5.74) is 14.3. The summed E-state index contributed by atoms with van der Waals surface area (Å²) in [7, 11) is 0. The van der Waals surface area contributed by atoms with Crippen molar-refractivity contribution >= 4 is 86.5 Å². The molecule has 3 aromatic heterocycles. The second-order valence-corrected chi connectivity index (χ2v) is 17.7. The number of benzene rings is 9. The normalized spacial score (nSPS) is 14.2. The number of rotatable bonds is 6. The number of nitrogens with zero attached hydrogens (tertiary/aromatic N) is 2. The van der Waals surface area contributed by atoms with E-state index in [1.807, 2.05) is 11.3 Å². The first-order valence-corrected chi connectivity index (χ1v) is 22.4. The molecule has 1 unspecified atom stereocenters. The van der Waals surface area contributed by atoms with Crippen molar-refractivity contribution in [2.24, 2.45) is 0 Å². The van der Waals surface area contributed by atoms with Gasteiger partial charge < -0.3 is 9.88 Å². The Morgan fingerprint density at radius 1 is 0.365 bits per heavy atom. The van der Waals surface area contributed by atoms with E-state index >= 15 is 0 Å².